The normalized spacial score (nSPS) is 11.7. The molecule has 0 saturated heterocycles. The molecule has 0 N–H and O–H groups in total. The Balaban J connectivity index is 1.41. The van der Waals surface area contributed by atoms with Gasteiger partial charge in [-0.2, -0.15) is 5.26 Å². The van der Waals surface area contributed by atoms with Crippen LogP contribution in [0.15, 0.2) is 120 Å². The lowest BCUT2D eigenvalue weighted by atomic mass is 9.97. The average molecular weight is 566 g/mol. The van der Waals surface area contributed by atoms with Crippen molar-refractivity contribution in [2.45, 2.75) is 0 Å². The van der Waals surface area contributed by atoms with E-state index < -0.39 is 0 Å². The minimum absolute atomic E-state index is 0.485. The Morgan fingerprint density at radius 2 is 1.44 bits per heavy atom. The smallest absolute Gasteiger partial charge is 0.229 e. The molecule has 198 valence electrons. The molecule has 0 fully saturated rings. The predicted octanol–water partition coefficient (Wildman–Crippen LogP) is 11.1. The Morgan fingerprint density at radius 3 is 2.33 bits per heavy atom. The van der Waals surface area contributed by atoms with Crippen LogP contribution in [0.25, 0.3) is 85.6 Å². The summed E-state index contributed by atoms with van der Waals surface area (Å²) in [5.41, 5.74) is 7.40. The highest BCUT2D eigenvalue weighted by atomic mass is 32.1. The van der Waals surface area contributed by atoms with Crippen LogP contribution < -0.4 is 0 Å². The lowest BCUT2D eigenvalue weighted by Gasteiger charge is -2.09. The van der Waals surface area contributed by atoms with Gasteiger partial charge in [0.2, 0.25) is 5.69 Å². The van der Waals surface area contributed by atoms with E-state index in [1.807, 2.05) is 36.4 Å². The van der Waals surface area contributed by atoms with Crippen LogP contribution in [0.2, 0.25) is 0 Å². The number of para-hydroxylation sites is 2. The zero-order valence-electron chi connectivity index (χ0n) is 22.6. The van der Waals surface area contributed by atoms with Crippen LogP contribution >= 0.6 is 11.3 Å². The number of rotatable bonds is 2. The van der Waals surface area contributed by atoms with Crippen LogP contribution in [0.1, 0.15) is 5.56 Å². The maximum atomic E-state index is 9.71. The van der Waals surface area contributed by atoms with E-state index in [4.69, 9.17) is 11.0 Å². The van der Waals surface area contributed by atoms with Gasteiger partial charge in [-0.15, -0.1) is 11.3 Å². The summed E-state index contributed by atoms with van der Waals surface area (Å²) in [6.07, 6.45) is 0. The van der Waals surface area contributed by atoms with Crippen molar-refractivity contribution < 1.29 is 4.42 Å². The molecule has 0 aliphatic carbocycles. The number of thiophene rings is 1. The second-order valence-electron chi connectivity index (χ2n) is 10.7. The Labute approximate surface area is 249 Å². The third-order valence-corrected chi connectivity index (χ3v) is 9.68. The van der Waals surface area contributed by atoms with Crippen molar-refractivity contribution in [2.24, 2.45) is 0 Å². The predicted molar refractivity (Wildman–Crippen MR) is 177 cm³/mol. The van der Waals surface area contributed by atoms with Crippen LogP contribution in [0.4, 0.5) is 5.69 Å². The van der Waals surface area contributed by atoms with E-state index in [0.717, 1.165) is 49.4 Å². The first-order valence-electron chi connectivity index (χ1n) is 13.9. The fourth-order valence-corrected chi connectivity index (χ4v) is 7.85. The molecule has 9 rings (SSSR count). The molecule has 0 unspecified atom stereocenters. The van der Waals surface area contributed by atoms with Crippen molar-refractivity contribution >= 4 is 80.9 Å². The van der Waals surface area contributed by atoms with E-state index in [2.05, 4.69) is 94.3 Å². The lowest BCUT2D eigenvalue weighted by Crippen LogP contribution is -1.94. The molecule has 0 spiro atoms. The molecule has 0 radical (unpaired) electrons. The van der Waals surface area contributed by atoms with Gasteiger partial charge >= 0.3 is 0 Å². The van der Waals surface area contributed by atoms with Crippen LogP contribution in [0.3, 0.4) is 0 Å². The molecule has 0 bridgehead atoms. The molecule has 0 amide bonds. The molecule has 0 aliphatic heterocycles. The first kappa shape index (κ1) is 23.8. The highest BCUT2D eigenvalue weighted by Gasteiger charge is 2.22. The van der Waals surface area contributed by atoms with Gasteiger partial charge in [0.25, 0.3) is 0 Å². The van der Waals surface area contributed by atoms with E-state index in [9.17, 15) is 5.26 Å². The van der Waals surface area contributed by atoms with Crippen LogP contribution in [-0.4, -0.2) is 4.57 Å². The molecule has 0 atom stereocenters. The first-order valence-corrected chi connectivity index (χ1v) is 14.8. The molecule has 6 aromatic carbocycles. The molecule has 3 aromatic heterocycles. The molecule has 5 heteroatoms. The fraction of sp³-hybridized carbons (Fsp3) is 0. The average Bonchev–Trinajstić information content (AvgIpc) is 3.74. The van der Waals surface area contributed by atoms with Crippen LogP contribution in [0, 0.1) is 17.9 Å². The highest BCUT2D eigenvalue weighted by molar-refractivity contribution is 7.26. The minimum Gasteiger partial charge on any atom is -0.465 e. The Bertz CT molecular complexity index is 2710. The third-order valence-electron chi connectivity index (χ3n) is 8.46. The lowest BCUT2D eigenvalue weighted by molar-refractivity contribution is 0.668. The van der Waals surface area contributed by atoms with Gasteiger partial charge in [-0.25, -0.2) is 4.85 Å². The number of nitrogens with zero attached hydrogens (tertiary/aromatic N) is 3. The van der Waals surface area contributed by atoms with E-state index in [1.165, 1.54) is 20.2 Å². The van der Waals surface area contributed by atoms with Crippen LogP contribution in [-0.2, 0) is 0 Å². The summed E-state index contributed by atoms with van der Waals surface area (Å²) in [7, 11) is 0. The summed E-state index contributed by atoms with van der Waals surface area (Å²) in [6, 6.07) is 41.5. The Hall–Kier alpha value is -5.88. The molecule has 43 heavy (non-hydrogen) atoms. The number of aromatic nitrogens is 1. The summed E-state index contributed by atoms with van der Waals surface area (Å²) in [5, 5.41) is 16.3. The van der Waals surface area contributed by atoms with E-state index in [0.29, 0.717) is 22.4 Å². The minimum atomic E-state index is 0.485. The highest BCUT2D eigenvalue weighted by Crippen LogP contribution is 2.47. The van der Waals surface area contributed by atoms with Gasteiger partial charge in [0.15, 0.2) is 5.58 Å². The molecular formula is C38H19N3OS. The maximum Gasteiger partial charge on any atom is 0.229 e. The second-order valence-corrected chi connectivity index (χ2v) is 11.7. The summed E-state index contributed by atoms with van der Waals surface area (Å²) < 4.78 is 11.4. The van der Waals surface area contributed by atoms with Gasteiger partial charge in [0.1, 0.15) is 5.58 Å². The van der Waals surface area contributed by atoms with Crippen molar-refractivity contribution in [3.63, 3.8) is 0 Å². The fourth-order valence-electron chi connectivity index (χ4n) is 6.62. The number of furan rings is 1. The molecule has 4 nitrogen and oxygen atoms in total. The van der Waals surface area contributed by atoms with Gasteiger partial charge in [0.05, 0.1) is 34.9 Å². The number of hydrogen-bond acceptors (Lipinski definition) is 3. The molecule has 0 saturated carbocycles. The Morgan fingerprint density at radius 1 is 0.674 bits per heavy atom. The summed E-state index contributed by atoms with van der Waals surface area (Å²) >= 11 is 1.80. The van der Waals surface area contributed by atoms with E-state index >= 15 is 0 Å². The third kappa shape index (κ3) is 3.23. The van der Waals surface area contributed by atoms with E-state index in [-0.39, 0.29) is 0 Å². The summed E-state index contributed by atoms with van der Waals surface area (Å²) in [4.78, 5) is 3.86. The largest absolute Gasteiger partial charge is 0.465 e. The van der Waals surface area contributed by atoms with Crippen molar-refractivity contribution in [2.75, 3.05) is 0 Å². The maximum absolute atomic E-state index is 9.71. The SMILES string of the molecule is [C-]#[N+]c1ccc(-c2cccc3c2sc2ccccc23)c2c1oc1c(-n3c4ccccc4c4ccc(C#N)cc43)cccc12. The van der Waals surface area contributed by atoms with Gasteiger partial charge in [-0.3, -0.25) is 0 Å². The molecule has 3 heterocycles. The zero-order valence-corrected chi connectivity index (χ0v) is 23.4. The number of fused-ring (bicyclic) bond motifs is 9. The zero-order chi connectivity index (χ0) is 28.7. The first-order chi connectivity index (χ1) is 21.2. The van der Waals surface area contributed by atoms with Crippen molar-refractivity contribution in [1.82, 2.24) is 4.57 Å². The van der Waals surface area contributed by atoms with E-state index in [1.54, 1.807) is 11.3 Å². The molecule has 0 aliphatic rings. The number of benzene rings is 6. The van der Waals surface area contributed by atoms with Gasteiger partial charge in [-0.05, 0) is 35.9 Å². The number of hydrogen-bond donors (Lipinski definition) is 0. The summed E-state index contributed by atoms with van der Waals surface area (Å²) in [6.45, 7) is 7.96. The van der Waals surface area contributed by atoms with Crippen LogP contribution in [0.5, 0.6) is 0 Å². The van der Waals surface area contributed by atoms with Crippen molar-refractivity contribution in [1.29, 1.82) is 5.26 Å². The number of nitriles is 1. The standard InChI is InChI=1S/C38H19N3OS/c1-40-30-19-18-26(28-11-6-10-27-25-9-3-5-15-34(25)43-38(27)28)35-29-12-7-14-32(36(29)42-37(30)35)41-31-13-4-2-8-23(31)24-17-16-22(21-39)20-33(24)41/h2-20H. The molecular weight excluding hydrogens is 547 g/mol. The monoisotopic (exact) mass is 565 g/mol. The summed E-state index contributed by atoms with van der Waals surface area (Å²) in [5.74, 6) is 0. The Kier molecular flexibility index (Phi) is 4.87. The quantitative estimate of drug-likeness (QED) is 0.196. The second kappa shape index (κ2) is 8.81. The van der Waals surface area contributed by atoms with Gasteiger partial charge < -0.3 is 8.98 Å². The topological polar surface area (TPSA) is 46.2 Å². The van der Waals surface area contributed by atoms with Gasteiger partial charge in [-0.1, -0.05) is 84.9 Å². The molecule has 9 aromatic rings. The van der Waals surface area contributed by atoms with Crippen molar-refractivity contribution in [3.8, 4) is 22.9 Å². The van der Waals surface area contributed by atoms with Gasteiger partial charge in [0, 0.05) is 47.3 Å². The van der Waals surface area contributed by atoms with Crippen molar-refractivity contribution in [3.05, 3.63) is 132 Å².